The fourth-order valence-corrected chi connectivity index (χ4v) is 4.42. The Hall–Kier alpha value is -2.33. The molecule has 3 aromatic rings. The monoisotopic (exact) mass is 394 g/mol. The summed E-state index contributed by atoms with van der Waals surface area (Å²) in [7, 11) is 0. The summed E-state index contributed by atoms with van der Waals surface area (Å²) in [5.41, 5.74) is 2.83. The topological polar surface area (TPSA) is 49.2 Å². The largest absolute Gasteiger partial charge is 0.417 e. The average molecular weight is 395 g/mol. The van der Waals surface area contributed by atoms with E-state index in [1.165, 1.54) is 57.1 Å². The standard InChI is InChI=1S/C18H29N.C7H5NO2/c1-3-19(18-12-8-5-9-13-18)16(2)14-15-17-10-6-4-7-11-17;9-7-8-5-3-1-2-4-6(5)10-7/h4,6-7,10-11,16,18H,3,5,8-9,12-15H2,1-2H3;1-4H,(H,8,9). The maximum Gasteiger partial charge on any atom is 0.417 e. The van der Waals surface area contributed by atoms with Crippen LogP contribution >= 0.6 is 0 Å². The normalized spacial score (nSPS) is 15.8. The number of hydrogen-bond donors (Lipinski definition) is 1. The second kappa shape index (κ2) is 11.0. The molecule has 4 rings (SSSR count). The van der Waals surface area contributed by atoms with Crippen LogP contribution in [0.15, 0.2) is 63.8 Å². The summed E-state index contributed by atoms with van der Waals surface area (Å²) in [6, 6.07) is 19.7. The SMILES string of the molecule is CCN(C(C)CCc1ccccc1)C1CCCCC1.O=c1[nH]c2ccccc2o1. The molecule has 0 aliphatic heterocycles. The van der Waals surface area contributed by atoms with Gasteiger partial charge in [-0.15, -0.1) is 0 Å². The Bertz CT molecular complexity index is 858. The van der Waals surface area contributed by atoms with Gasteiger partial charge in [0.1, 0.15) is 0 Å². The fraction of sp³-hybridized carbons (Fsp3) is 0.480. The molecule has 0 radical (unpaired) electrons. The molecule has 1 aliphatic rings. The molecule has 0 saturated heterocycles. The van der Waals surface area contributed by atoms with Crippen LogP contribution in [0.5, 0.6) is 0 Å². The minimum absolute atomic E-state index is 0.402. The van der Waals surface area contributed by atoms with Gasteiger partial charge in [-0.1, -0.05) is 68.7 Å². The molecule has 1 aromatic heterocycles. The maximum atomic E-state index is 10.6. The van der Waals surface area contributed by atoms with Gasteiger partial charge in [-0.25, -0.2) is 4.79 Å². The first-order valence-corrected chi connectivity index (χ1v) is 11.0. The Morgan fingerprint density at radius 2 is 1.72 bits per heavy atom. The predicted octanol–water partition coefficient (Wildman–Crippen LogP) is 5.78. The molecule has 29 heavy (non-hydrogen) atoms. The van der Waals surface area contributed by atoms with Crippen LogP contribution in [0.1, 0.15) is 57.9 Å². The van der Waals surface area contributed by atoms with Crippen molar-refractivity contribution < 1.29 is 4.42 Å². The zero-order valence-electron chi connectivity index (χ0n) is 17.8. The van der Waals surface area contributed by atoms with E-state index in [0.29, 0.717) is 11.6 Å². The number of rotatable bonds is 6. The lowest BCUT2D eigenvalue weighted by molar-refractivity contribution is 0.114. The second-order valence-corrected chi connectivity index (χ2v) is 8.01. The van der Waals surface area contributed by atoms with Crippen molar-refractivity contribution in [2.75, 3.05) is 6.54 Å². The fourth-order valence-electron chi connectivity index (χ4n) is 4.42. The number of nitrogens with one attached hydrogen (secondary N) is 1. The zero-order valence-corrected chi connectivity index (χ0v) is 17.8. The highest BCUT2D eigenvalue weighted by atomic mass is 16.4. The highest BCUT2D eigenvalue weighted by Crippen LogP contribution is 2.25. The Morgan fingerprint density at radius 3 is 2.41 bits per heavy atom. The van der Waals surface area contributed by atoms with Crippen molar-refractivity contribution in [1.82, 2.24) is 9.88 Å². The van der Waals surface area contributed by atoms with Crippen molar-refractivity contribution >= 4 is 11.1 Å². The lowest BCUT2D eigenvalue weighted by Crippen LogP contribution is -2.42. The number of oxazole rings is 1. The Balaban J connectivity index is 0.000000200. The van der Waals surface area contributed by atoms with E-state index >= 15 is 0 Å². The number of nitrogens with zero attached hydrogens (tertiary/aromatic N) is 1. The quantitative estimate of drug-likeness (QED) is 0.576. The van der Waals surface area contributed by atoms with E-state index < -0.39 is 5.76 Å². The number of aromatic amines is 1. The number of hydrogen-bond acceptors (Lipinski definition) is 3. The van der Waals surface area contributed by atoms with Crippen molar-refractivity contribution in [3.63, 3.8) is 0 Å². The third-order valence-electron chi connectivity index (χ3n) is 6.00. The van der Waals surface area contributed by atoms with Crippen LogP contribution in [0.25, 0.3) is 11.1 Å². The number of aromatic nitrogens is 1. The van der Waals surface area contributed by atoms with Crippen molar-refractivity contribution in [3.8, 4) is 0 Å². The van der Waals surface area contributed by atoms with Crippen LogP contribution in [0.4, 0.5) is 0 Å². The minimum atomic E-state index is -0.402. The first-order chi connectivity index (χ1) is 14.2. The molecular weight excluding hydrogens is 360 g/mol. The van der Waals surface area contributed by atoms with E-state index in [1.807, 2.05) is 12.1 Å². The van der Waals surface area contributed by atoms with E-state index in [0.717, 1.165) is 11.6 Å². The molecule has 1 unspecified atom stereocenters. The van der Waals surface area contributed by atoms with Crippen molar-refractivity contribution in [1.29, 1.82) is 0 Å². The molecule has 1 N–H and O–H groups in total. The first-order valence-electron chi connectivity index (χ1n) is 11.0. The van der Waals surface area contributed by atoms with E-state index in [9.17, 15) is 4.79 Å². The predicted molar refractivity (Wildman–Crippen MR) is 120 cm³/mol. The van der Waals surface area contributed by atoms with E-state index in [1.54, 1.807) is 12.1 Å². The van der Waals surface area contributed by atoms with Gasteiger partial charge in [0.2, 0.25) is 0 Å². The summed E-state index contributed by atoms with van der Waals surface area (Å²) in [6.45, 7) is 5.95. The van der Waals surface area contributed by atoms with Gasteiger partial charge in [-0.2, -0.15) is 0 Å². The Kier molecular flexibility index (Phi) is 8.12. The number of para-hydroxylation sites is 2. The first kappa shape index (κ1) is 21.4. The summed E-state index contributed by atoms with van der Waals surface area (Å²) in [5.74, 6) is -0.402. The maximum absolute atomic E-state index is 10.6. The summed E-state index contributed by atoms with van der Waals surface area (Å²) in [4.78, 5) is 15.9. The number of H-pyrrole nitrogens is 1. The van der Waals surface area contributed by atoms with Crippen LogP contribution in [0.2, 0.25) is 0 Å². The average Bonchev–Trinajstić information content (AvgIpc) is 3.15. The molecule has 1 fully saturated rings. The number of fused-ring (bicyclic) bond motifs is 1. The second-order valence-electron chi connectivity index (χ2n) is 8.01. The lowest BCUT2D eigenvalue weighted by Gasteiger charge is -2.38. The van der Waals surface area contributed by atoms with Gasteiger partial charge in [-0.05, 0) is 56.8 Å². The molecule has 1 saturated carbocycles. The molecule has 4 heteroatoms. The summed E-state index contributed by atoms with van der Waals surface area (Å²) < 4.78 is 4.76. The molecule has 0 bridgehead atoms. The highest BCUT2D eigenvalue weighted by molar-refractivity contribution is 5.71. The molecule has 2 aromatic carbocycles. The molecule has 1 heterocycles. The van der Waals surface area contributed by atoms with Gasteiger partial charge in [-0.3, -0.25) is 9.88 Å². The van der Waals surface area contributed by atoms with E-state index in [4.69, 9.17) is 4.42 Å². The summed E-state index contributed by atoms with van der Waals surface area (Å²) >= 11 is 0. The van der Waals surface area contributed by atoms with E-state index in [2.05, 4.69) is 54.1 Å². The van der Waals surface area contributed by atoms with Gasteiger partial charge in [0.05, 0.1) is 5.52 Å². The van der Waals surface area contributed by atoms with Crippen LogP contribution in [0, 0.1) is 0 Å². The summed E-state index contributed by atoms with van der Waals surface area (Å²) in [5, 5.41) is 0. The molecule has 4 nitrogen and oxygen atoms in total. The molecule has 1 atom stereocenters. The van der Waals surface area contributed by atoms with Gasteiger partial charge >= 0.3 is 5.76 Å². The van der Waals surface area contributed by atoms with Crippen LogP contribution in [0.3, 0.4) is 0 Å². The van der Waals surface area contributed by atoms with Crippen LogP contribution in [-0.2, 0) is 6.42 Å². The van der Waals surface area contributed by atoms with Gasteiger partial charge in [0.15, 0.2) is 5.58 Å². The molecule has 0 amide bonds. The third kappa shape index (κ3) is 6.33. The molecular formula is C25H34N2O2. The van der Waals surface area contributed by atoms with Crippen LogP contribution < -0.4 is 5.76 Å². The lowest BCUT2D eigenvalue weighted by atomic mass is 9.92. The van der Waals surface area contributed by atoms with Gasteiger partial charge in [0, 0.05) is 12.1 Å². The highest BCUT2D eigenvalue weighted by Gasteiger charge is 2.23. The Morgan fingerprint density at radius 1 is 1.03 bits per heavy atom. The molecule has 1 aliphatic carbocycles. The zero-order chi connectivity index (χ0) is 20.5. The summed E-state index contributed by atoms with van der Waals surface area (Å²) in [6.07, 6.45) is 9.66. The van der Waals surface area contributed by atoms with Crippen molar-refractivity contribution in [2.24, 2.45) is 0 Å². The molecule has 156 valence electrons. The van der Waals surface area contributed by atoms with Gasteiger partial charge < -0.3 is 4.42 Å². The minimum Gasteiger partial charge on any atom is -0.408 e. The molecule has 0 spiro atoms. The van der Waals surface area contributed by atoms with Crippen molar-refractivity contribution in [3.05, 3.63) is 70.7 Å². The van der Waals surface area contributed by atoms with Gasteiger partial charge in [0.25, 0.3) is 0 Å². The number of aryl methyl sites for hydroxylation is 1. The smallest absolute Gasteiger partial charge is 0.408 e. The van der Waals surface area contributed by atoms with E-state index in [-0.39, 0.29) is 0 Å². The Labute approximate surface area is 173 Å². The third-order valence-corrected chi connectivity index (χ3v) is 6.00. The number of benzene rings is 2. The van der Waals surface area contributed by atoms with Crippen LogP contribution in [-0.4, -0.2) is 28.5 Å². The van der Waals surface area contributed by atoms with Crippen molar-refractivity contribution in [2.45, 2.75) is 70.9 Å².